The molecule has 0 saturated heterocycles. The van der Waals surface area contributed by atoms with Gasteiger partial charge >= 0.3 is 5.91 Å². The number of benzene rings is 1. The van der Waals surface area contributed by atoms with E-state index in [0.717, 1.165) is 25.2 Å². The van der Waals surface area contributed by atoms with Crippen LogP contribution in [-0.2, 0) is 6.54 Å². The zero-order chi connectivity index (χ0) is 19.3. The number of hydrogen-bond donors (Lipinski definition) is 2. The van der Waals surface area contributed by atoms with Gasteiger partial charge in [0.1, 0.15) is 11.6 Å². The number of rotatable bonds is 6. The van der Waals surface area contributed by atoms with Gasteiger partial charge in [0.2, 0.25) is 0 Å². The molecule has 0 saturated carbocycles. The van der Waals surface area contributed by atoms with Crippen molar-refractivity contribution in [2.45, 2.75) is 20.4 Å². The zero-order valence-corrected chi connectivity index (χ0v) is 15.7. The molecule has 0 fully saturated rings. The Morgan fingerprint density at radius 2 is 1.73 bits per heavy atom. The van der Waals surface area contributed by atoms with Crippen molar-refractivity contribution in [3.63, 3.8) is 0 Å². The average molecular weight is 402 g/mol. The number of carbonyl (C=O) groups is 2. The van der Waals surface area contributed by atoms with Crippen molar-refractivity contribution < 1.29 is 18.4 Å². The van der Waals surface area contributed by atoms with Gasteiger partial charge in [0.05, 0.1) is 22.2 Å². The molecule has 0 atom stereocenters. The first-order chi connectivity index (χ1) is 12.3. The van der Waals surface area contributed by atoms with Crippen LogP contribution in [0.1, 0.15) is 40.5 Å². The van der Waals surface area contributed by atoms with Crippen LogP contribution in [0.5, 0.6) is 0 Å². The van der Waals surface area contributed by atoms with Crippen molar-refractivity contribution in [2.24, 2.45) is 0 Å². The number of amides is 2. The lowest BCUT2D eigenvalue weighted by Crippen LogP contribution is -2.41. The number of nitrogens with zero attached hydrogens (tertiary/aromatic N) is 1. The molecule has 0 radical (unpaired) electrons. The predicted octanol–water partition coefficient (Wildman–Crippen LogP) is 3.64. The van der Waals surface area contributed by atoms with E-state index in [-0.39, 0.29) is 21.4 Å². The summed E-state index contributed by atoms with van der Waals surface area (Å²) in [6.07, 6.45) is 0. The summed E-state index contributed by atoms with van der Waals surface area (Å²) in [7, 11) is 0. The van der Waals surface area contributed by atoms with E-state index >= 15 is 0 Å². The number of hydrogen-bond acceptors (Lipinski definition) is 4. The Morgan fingerprint density at radius 3 is 2.38 bits per heavy atom. The Bertz CT molecular complexity index is 807. The highest BCUT2D eigenvalue weighted by Gasteiger charge is 2.17. The average Bonchev–Trinajstić information content (AvgIpc) is 3.09. The molecule has 0 aliphatic heterocycles. The van der Waals surface area contributed by atoms with E-state index < -0.39 is 17.6 Å². The molecule has 2 aromatic rings. The molecule has 1 heterocycles. The van der Waals surface area contributed by atoms with Crippen molar-refractivity contribution >= 4 is 35.0 Å². The van der Waals surface area contributed by atoms with Gasteiger partial charge in [0.25, 0.3) is 5.91 Å². The van der Waals surface area contributed by atoms with Crippen LogP contribution < -0.4 is 10.9 Å². The Labute approximate surface area is 160 Å². The van der Waals surface area contributed by atoms with E-state index in [9.17, 15) is 14.0 Å². The second-order valence-corrected chi connectivity index (χ2v) is 6.20. The number of hydrazine groups is 1. The van der Waals surface area contributed by atoms with Crippen molar-refractivity contribution in [1.82, 2.24) is 15.8 Å². The molecule has 0 aliphatic carbocycles. The van der Waals surface area contributed by atoms with Crippen LogP contribution in [0.4, 0.5) is 4.39 Å². The molecule has 1 aromatic heterocycles. The summed E-state index contributed by atoms with van der Waals surface area (Å²) in [4.78, 5) is 26.2. The summed E-state index contributed by atoms with van der Waals surface area (Å²) in [6.45, 7) is 6.34. The molecule has 26 heavy (non-hydrogen) atoms. The van der Waals surface area contributed by atoms with E-state index in [1.165, 1.54) is 6.07 Å². The standard InChI is InChI=1S/C17H18Cl2FN3O3/c1-3-23(4-2)9-10-5-6-15(26-10)17(25)22-21-16(24)11-7-14(20)13(19)8-12(11)18/h5-8H,3-4,9H2,1-2H3,(H,21,24)(H,22,25). The molecule has 0 aliphatic rings. The second kappa shape index (κ2) is 9.02. The minimum absolute atomic E-state index is 0.0392. The fourth-order valence-electron chi connectivity index (χ4n) is 2.19. The molecule has 0 spiro atoms. The number of furan rings is 1. The van der Waals surface area contributed by atoms with Crippen molar-refractivity contribution in [1.29, 1.82) is 0 Å². The van der Waals surface area contributed by atoms with E-state index in [1.807, 2.05) is 13.8 Å². The van der Waals surface area contributed by atoms with E-state index in [1.54, 1.807) is 6.07 Å². The molecule has 2 rings (SSSR count). The summed E-state index contributed by atoms with van der Waals surface area (Å²) in [5.41, 5.74) is 4.19. The first-order valence-electron chi connectivity index (χ1n) is 7.92. The molecule has 2 N–H and O–H groups in total. The minimum Gasteiger partial charge on any atom is -0.454 e. The van der Waals surface area contributed by atoms with Gasteiger partial charge in [-0.25, -0.2) is 4.39 Å². The summed E-state index contributed by atoms with van der Waals surface area (Å²) < 4.78 is 18.9. The third-order valence-electron chi connectivity index (χ3n) is 3.70. The third-order valence-corrected chi connectivity index (χ3v) is 4.31. The lowest BCUT2D eigenvalue weighted by Gasteiger charge is -2.15. The van der Waals surface area contributed by atoms with Crippen molar-refractivity contribution in [2.75, 3.05) is 13.1 Å². The maximum atomic E-state index is 13.5. The Kier molecular flexibility index (Phi) is 7.02. The van der Waals surface area contributed by atoms with Gasteiger partial charge in [0, 0.05) is 0 Å². The predicted molar refractivity (Wildman–Crippen MR) is 96.7 cm³/mol. The van der Waals surface area contributed by atoms with Crippen LogP contribution in [0.3, 0.4) is 0 Å². The highest BCUT2D eigenvalue weighted by atomic mass is 35.5. The highest BCUT2D eigenvalue weighted by Crippen LogP contribution is 2.24. The van der Waals surface area contributed by atoms with Crippen LogP contribution in [0.25, 0.3) is 0 Å². The van der Waals surface area contributed by atoms with Crippen LogP contribution >= 0.6 is 23.2 Å². The quantitative estimate of drug-likeness (QED) is 0.572. The fourth-order valence-corrected chi connectivity index (χ4v) is 2.66. The van der Waals surface area contributed by atoms with Crippen molar-refractivity contribution in [3.8, 4) is 0 Å². The van der Waals surface area contributed by atoms with Gasteiger partial charge in [-0.1, -0.05) is 37.0 Å². The monoisotopic (exact) mass is 401 g/mol. The molecule has 6 nitrogen and oxygen atoms in total. The smallest absolute Gasteiger partial charge is 0.305 e. The van der Waals surface area contributed by atoms with Gasteiger partial charge in [-0.15, -0.1) is 0 Å². The molecular weight excluding hydrogens is 384 g/mol. The molecular formula is C17H18Cl2FN3O3. The first-order valence-corrected chi connectivity index (χ1v) is 8.67. The maximum absolute atomic E-state index is 13.5. The molecule has 9 heteroatoms. The van der Waals surface area contributed by atoms with Gasteiger partial charge in [-0.05, 0) is 37.4 Å². The number of carbonyl (C=O) groups excluding carboxylic acids is 2. The van der Waals surface area contributed by atoms with E-state index in [4.69, 9.17) is 27.6 Å². The number of halogens is 3. The molecule has 2 amide bonds. The lowest BCUT2D eigenvalue weighted by molar-refractivity contribution is 0.0828. The zero-order valence-electron chi connectivity index (χ0n) is 14.2. The van der Waals surface area contributed by atoms with Gasteiger partial charge < -0.3 is 4.42 Å². The van der Waals surface area contributed by atoms with E-state index in [0.29, 0.717) is 12.3 Å². The molecule has 1 aromatic carbocycles. The topological polar surface area (TPSA) is 74.6 Å². The molecule has 140 valence electrons. The van der Waals surface area contributed by atoms with Gasteiger partial charge in [0.15, 0.2) is 5.76 Å². The third kappa shape index (κ3) is 4.97. The molecule has 0 bridgehead atoms. The Hall–Kier alpha value is -2.09. The summed E-state index contributed by atoms with van der Waals surface area (Å²) in [5.74, 6) is -1.54. The molecule has 0 unspecified atom stereocenters. The lowest BCUT2D eigenvalue weighted by atomic mass is 10.2. The first kappa shape index (κ1) is 20.2. The Balaban J connectivity index is 1.97. The maximum Gasteiger partial charge on any atom is 0.305 e. The highest BCUT2D eigenvalue weighted by molar-refractivity contribution is 6.36. The fraction of sp³-hybridized carbons (Fsp3) is 0.294. The van der Waals surface area contributed by atoms with Gasteiger partial charge in [-0.2, -0.15) is 0 Å². The summed E-state index contributed by atoms with van der Waals surface area (Å²) in [6, 6.07) is 5.21. The van der Waals surface area contributed by atoms with Crippen LogP contribution in [0.2, 0.25) is 10.0 Å². The van der Waals surface area contributed by atoms with Crippen LogP contribution in [0, 0.1) is 5.82 Å². The largest absolute Gasteiger partial charge is 0.454 e. The van der Waals surface area contributed by atoms with E-state index in [2.05, 4.69) is 15.8 Å². The van der Waals surface area contributed by atoms with Crippen LogP contribution in [-0.4, -0.2) is 29.8 Å². The van der Waals surface area contributed by atoms with Crippen LogP contribution in [0.15, 0.2) is 28.7 Å². The van der Waals surface area contributed by atoms with Crippen molar-refractivity contribution in [3.05, 3.63) is 57.2 Å². The summed E-state index contributed by atoms with van der Waals surface area (Å²) in [5, 5.41) is -0.241. The van der Waals surface area contributed by atoms with Gasteiger partial charge in [-0.3, -0.25) is 25.3 Å². The normalized spacial score (nSPS) is 10.8. The summed E-state index contributed by atoms with van der Waals surface area (Å²) >= 11 is 11.4. The minimum atomic E-state index is -0.792. The number of nitrogens with one attached hydrogen (secondary N) is 2. The SMILES string of the molecule is CCN(CC)Cc1ccc(C(=O)NNC(=O)c2cc(F)c(Cl)cc2Cl)o1. The second-order valence-electron chi connectivity index (χ2n) is 5.38. The Morgan fingerprint density at radius 1 is 1.08 bits per heavy atom.